The number of hydrogen-bond acceptors (Lipinski definition) is 5. The quantitative estimate of drug-likeness (QED) is 0.428. The smallest absolute Gasteiger partial charge is 0.127 e. The molecule has 1 aliphatic heterocycles. The maximum absolute atomic E-state index is 10.6. The fourth-order valence-corrected chi connectivity index (χ4v) is 4.63. The minimum atomic E-state index is -0.525. The standard InChI is InChI=1S/C29H36N2O3/c1-20-17-28(21(2)22(3)29(20)30)33-19-25(32)18-31-15-13-24(14-16-31)23-9-11-27(12-10-23)34-26-7-5-4-6-8-26/h4-12,17,24-25,32H,13-16,18-19,30H2,1-3H3. The number of nitrogens with two attached hydrogens (primary N) is 1. The third kappa shape index (κ3) is 5.91. The molecule has 1 heterocycles. The van der Waals surface area contributed by atoms with Crippen molar-refractivity contribution in [3.63, 3.8) is 0 Å². The molecular formula is C29H36N2O3. The molecule has 1 saturated heterocycles. The van der Waals surface area contributed by atoms with Crippen molar-refractivity contribution in [3.8, 4) is 17.2 Å². The van der Waals surface area contributed by atoms with Gasteiger partial charge < -0.3 is 25.2 Å². The van der Waals surface area contributed by atoms with Crippen molar-refractivity contribution in [1.82, 2.24) is 4.90 Å². The molecule has 1 aliphatic rings. The van der Waals surface area contributed by atoms with Crippen LogP contribution < -0.4 is 15.2 Å². The molecular weight excluding hydrogens is 424 g/mol. The summed E-state index contributed by atoms with van der Waals surface area (Å²) < 4.78 is 11.9. The van der Waals surface area contributed by atoms with E-state index in [1.54, 1.807) is 0 Å². The van der Waals surface area contributed by atoms with Crippen molar-refractivity contribution in [2.24, 2.45) is 0 Å². The maximum atomic E-state index is 10.6. The second kappa shape index (κ2) is 10.9. The Kier molecular flexibility index (Phi) is 7.76. The van der Waals surface area contributed by atoms with E-state index in [2.05, 4.69) is 29.2 Å². The first-order valence-corrected chi connectivity index (χ1v) is 12.1. The summed E-state index contributed by atoms with van der Waals surface area (Å²) in [5.41, 5.74) is 11.4. The molecule has 4 rings (SSSR count). The number of β-amino-alcohol motifs (C(OH)–C–C–N with tert-alkyl or cyclic N) is 1. The number of nitrogens with zero attached hydrogens (tertiary/aromatic N) is 1. The lowest BCUT2D eigenvalue weighted by molar-refractivity contribution is 0.0592. The first-order valence-electron chi connectivity index (χ1n) is 12.1. The molecule has 0 spiro atoms. The lowest BCUT2D eigenvalue weighted by Crippen LogP contribution is -2.40. The number of likely N-dealkylation sites (tertiary alicyclic amines) is 1. The zero-order valence-corrected chi connectivity index (χ0v) is 20.5. The molecule has 0 aliphatic carbocycles. The first kappa shape index (κ1) is 24.1. The van der Waals surface area contributed by atoms with Crippen molar-refractivity contribution in [3.05, 3.63) is 82.9 Å². The number of para-hydroxylation sites is 1. The Morgan fingerprint density at radius 1 is 0.941 bits per heavy atom. The zero-order valence-electron chi connectivity index (χ0n) is 20.5. The molecule has 0 radical (unpaired) electrons. The summed E-state index contributed by atoms with van der Waals surface area (Å²) in [7, 11) is 0. The van der Waals surface area contributed by atoms with Crippen molar-refractivity contribution in [2.45, 2.75) is 45.6 Å². The van der Waals surface area contributed by atoms with Crippen molar-refractivity contribution >= 4 is 5.69 Å². The number of aryl methyl sites for hydroxylation is 1. The predicted molar refractivity (Wildman–Crippen MR) is 138 cm³/mol. The highest BCUT2D eigenvalue weighted by Gasteiger charge is 2.22. The molecule has 0 amide bonds. The average molecular weight is 461 g/mol. The van der Waals surface area contributed by atoms with Crippen LogP contribution in [0.15, 0.2) is 60.7 Å². The molecule has 1 atom stereocenters. The van der Waals surface area contributed by atoms with Crippen LogP contribution in [-0.2, 0) is 0 Å². The van der Waals surface area contributed by atoms with E-state index < -0.39 is 6.10 Å². The van der Waals surface area contributed by atoms with Gasteiger partial charge in [0.2, 0.25) is 0 Å². The van der Waals surface area contributed by atoms with Gasteiger partial charge in [0.05, 0.1) is 0 Å². The van der Waals surface area contributed by atoms with Crippen LogP contribution in [-0.4, -0.2) is 42.4 Å². The molecule has 1 unspecified atom stereocenters. The van der Waals surface area contributed by atoms with E-state index in [-0.39, 0.29) is 6.61 Å². The summed E-state index contributed by atoms with van der Waals surface area (Å²) in [4.78, 5) is 2.34. The second-order valence-corrected chi connectivity index (χ2v) is 9.38. The highest BCUT2D eigenvalue weighted by Crippen LogP contribution is 2.31. The van der Waals surface area contributed by atoms with E-state index in [1.165, 1.54) is 5.56 Å². The van der Waals surface area contributed by atoms with Gasteiger partial charge in [0, 0.05) is 12.2 Å². The molecule has 1 fully saturated rings. The van der Waals surface area contributed by atoms with E-state index in [1.807, 2.05) is 57.2 Å². The molecule has 5 heteroatoms. The van der Waals surface area contributed by atoms with Gasteiger partial charge in [-0.3, -0.25) is 0 Å². The van der Waals surface area contributed by atoms with Crippen LogP contribution in [0.5, 0.6) is 17.2 Å². The van der Waals surface area contributed by atoms with E-state index in [0.717, 1.165) is 65.6 Å². The van der Waals surface area contributed by atoms with Gasteiger partial charge in [-0.2, -0.15) is 0 Å². The monoisotopic (exact) mass is 460 g/mol. The van der Waals surface area contributed by atoms with Crippen LogP contribution in [0.2, 0.25) is 0 Å². The van der Waals surface area contributed by atoms with E-state index in [4.69, 9.17) is 15.2 Å². The first-order chi connectivity index (χ1) is 16.4. The van der Waals surface area contributed by atoms with E-state index in [9.17, 15) is 5.11 Å². The number of nitrogen functional groups attached to an aromatic ring is 1. The Morgan fingerprint density at radius 3 is 2.26 bits per heavy atom. The fraction of sp³-hybridized carbons (Fsp3) is 0.379. The number of anilines is 1. The van der Waals surface area contributed by atoms with Gasteiger partial charge >= 0.3 is 0 Å². The highest BCUT2D eigenvalue weighted by molar-refractivity contribution is 5.60. The van der Waals surface area contributed by atoms with Crippen LogP contribution in [0.3, 0.4) is 0 Å². The summed E-state index contributed by atoms with van der Waals surface area (Å²) in [6.45, 7) is 8.87. The van der Waals surface area contributed by atoms with Crippen LogP contribution in [0, 0.1) is 20.8 Å². The lowest BCUT2D eigenvalue weighted by atomic mass is 9.89. The topological polar surface area (TPSA) is 68.0 Å². The number of aliphatic hydroxyl groups is 1. The zero-order chi connectivity index (χ0) is 24.1. The largest absolute Gasteiger partial charge is 0.491 e. The third-order valence-electron chi connectivity index (χ3n) is 6.93. The Labute approximate surface area is 203 Å². The Morgan fingerprint density at radius 2 is 1.59 bits per heavy atom. The van der Waals surface area contributed by atoms with Gasteiger partial charge in [-0.1, -0.05) is 30.3 Å². The molecule has 3 N–H and O–H groups in total. The Balaban J connectivity index is 1.23. The van der Waals surface area contributed by atoms with Crippen molar-refractivity contribution in [2.75, 3.05) is 32.0 Å². The SMILES string of the molecule is Cc1cc(OCC(O)CN2CCC(c3ccc(Oc4ccccc4)cc3)CC2)c(C)c(C)c1N. The van der Waals surface area contributed by atoms with Gasteiger partial charge in [-0.05, 0) is 105 Å². The van der Waals surface area contributed by atoms with E-state index >= 15 is 0 Å². The fourth-order valence-electron chi connectivity index (χ4n) is 4.63. The number of hydrogen-bond donors (Lipinski definition) is 2. The predicted octanol–water partition coefficient (Wildman–Crippen LogP) is 5.61. The number of rotatable bonds is 8. The van der Waals surface area contributed by atoms with Crippen LogP contribution in [0.4, 0.5) is 5.69 Å². The van der Waals surface area contributed by atoms with Crippen molar-refractivity contribution in [1.29, 1.82) is 0 Å². The summed E-state index contributed by atoms with van der Waals surface area (Å²) in [5, 5.41) is 10.6. The number of piperidine rings is 1. The van der Waals surface area contributed by atoms with Gasteiger partial charge in [0.25, 0.3) is 0 Å². The van der Waals surface area contributed by atoms with Crippen molar-refractivity contribution < 1.29 is 14.6 Å². The Bertz CT molecular complexity index is 1070. The average Bonchev–Trinajstić information content (AvgIpc) is 2.86. The van der Waals surface area contributed by atoms with Crippen LogP contribution in [0.25, 0.3) is 0 Å². The van der Waals surface area contributed by atoms with Gasteiger partial charge in [-0.15, -0.1) is 0 Å². The molecule has 0 saturated carbocycles. The molecule has 0 bridgehead atoms. The highest BCUT2D eigenvalue weighted by atomic mass is 16.5. The summed E-state index contributed by atoms with van der Waals surface area (Å²) in [6, 6.07) is 20.3. The number of aliphatic hydroxyl groups excluding tert-OH is 1. The second-order valence-electron chi connectivity index (χ2n) is 9.38. The maximum Gasteiger partial charge on any atom is 0.127 e. The molecule has 3 aromatic carbocycles. The summed E-state index contributed by atoms with van der Waals surface area (Å²) >= 11 is 0. The summed E-state index contributed by atoms with van der Waals surface area (Å²) in [6.07, 6.45) is 1.65. The number of ether oxygens (including phenoxy) is 2. The van der Waals surface area contributed by atoms with Gasteiger partial charge in [-0.25, -0.2) is 0 Å². The molecule has 5 nitrogen and oxygen atoms in total. The summed E-state index contributed by atoms with van der Waals surface area (Å²) in [5.74, 6) is 3.06. The molecule has 180 valence electrons. The van der Waals surface area contributed by atoms with Crippen LogP contribution in [0.1, 0.15) is 41.0 Å². The van der Waals surface area contributed by atoms with E-state index in [0.29, 0.717) is 12.5 Å². The molecule has 0 aromatic heterocycles. The van der Waals surface area contributed by atoms with Gasteiger partial charge in [0.15, 0.2) is 0 Å². The van der Waals surface area contributed by atoms with Gasteiger partial charge in [0.1, 0.15) is 30.0 Å². The lowest BCUT2D eigenvalue weighted by Gasteiger charge is -2.33. The van der Waals surface area contributed by atoms with Crippen LogP contribution >= 0.6 is 0 Å². The molecule has 3 aromatic rings. The minimum absolute atomic E-state index is 0.284. The third-order valence-corrected chi connectivity index (χ3v) is 6.93. The minimum Gasteiger partial charge on any atom is -0.491 e. The normalized spacial score (nSPS) is 15.8. The molecule has 34 heavy (non-hydrogen) atoms. The number of benzene rings is 3. The Hall–Kier alpha value is -3.02.